The van der Waals surface area contributed by atoms with Gasteiger partial charge in [0.05, 0.1) is 22.7 Å². The summed E-state index contributed by atoms with van der Waals surface area (Å²) in [5.41, 5.74) is 3.21. The number of nitriles is 1. The third-order valence-corrected chi connectivity index (χ3v) is 2.91. The highest BCUT2D eigenvalue weighted by molar-refractivity contribution is 6.05. The predicted molar refractivity (Wildman–Crippen MR) is 75.2 cm³/mol. The number of nitrogens with one attached hydrogen (secondary N) is 2. The van der Waals surface area contributed by atoms with Gasteiger partial charge in [0.2, 0.25) is 0 Å². The number of rotatable bonds is 2. The topological polar surface area (TPSA) is 81.6 Å². The van der Waals surface area contributed by atoms with Crippen LogP contribution in [0.15, 0.2) is 48.7 Å². The van der Waals surface area contributed by atoms with Crippen LogP contribution in [0.3, 0.4) is 0 Å². The molecule has 0 atom stereocenters. The molecule has 0 aliphatic rings. The van der Waals surface area contributed by atoms with E-state index in [4.69, 9.17) is 5.26 Å². The van der Waals surface area contributed by atoms with Crippen LogP contribution >= 0.6 is 0 Å². The van der Waals surface area contributed by atoms with Crippen LogP contribution < -0.4 is 5.32 Å². The van der Waals surface area contributed by atoms with Crippen LogP contribution in [0.4, 0.5) is 5.69 Å². The summed E-state index contributed by atoms with van der Waals surface area (Å²) in [5.74, 6) is -0.243. The smallest absolute Gasteiger partial charge is 0.272 e. The number of carbonyl (C=O) groups excluding carboxylic acids is 1. The number of fused-ring (bicyclic) bond motifs is 1. The lowest BCUT2D eigenvalue weighted by Gasteiger charge is -2.03. The largest absolute Gasteiger partial charge is 0.349 e. The second kappa shape index (κ2) is 4.86. The molecule has 0 radical (unpaired) electrons. The fourth-order valence-corrected chi connectivity index (χ4v) is 1.90. The molecule has 0 saturated carbocycles. The Kier molecular flexibility index (Phi) is 2.90. The highest BCUT2D eigenvalue weighted by Gasteiger charge is 2.10. The Bertz CT molecular complexity index is 779. The molecule has 3 rings (SSSR count). The van der Waals surface area contributed by atoms with Crippen molar-refractivity contribution in [2.45, 2.75) is 0 Å². The van der Waals surface area contributed by atoms with Crippen molar-refractivity contribution in [1.29, 1.82) is 5.26 Å². The molecule has 3 aromatic rings. The zero-order valence-corrected chi connectivity index (χ0v) is 10.4. The number of benzene rings is 1. The maximum atomic E-state index is 12.1. The lowest BCUT2D eigenvalue weighted by atomic mass is 10.2. The third kappa shape index (κ3) is 2.22. The summed E-state index contributed by atoms with van der Waals surface area (Å²) < 4.78 is 0. The van der Waals surface area contributed by atoms with E-state index in [1.54, 1.807) is 42.6 Å². The Balaban J connectivity index is 1.83. The van der Waals surface area contributed by atoms with Crippen LogP contribution in [-0.4, -0.2) is 15.9 Å². The van der Waals surface area contributed by atoms with Crippen molar-refractivity contribution in [2.75, 3.05) is 5.32 Å². The second-order valence-corrected chi connectivity index (χ2v) is 4.26. The minimum Gasteiger partial charge on any atom is -0.349 e. The normalized spacial score (nSPS) is 10.2. The number of aromatic nitrogens is 2. The van der Waals surface area contributed by atoms with Crippen LogP contribution in [0.1, 0.15) is 16.1 Å². The van der Waals surface area contributed by atoms with Gasteiger partial charge in [0.15, 0.2) is 0 Å². The summed E-state index contributed by atoms with van der Waals surface area (Å²) in [6.45, 7) is 0. The van der Waals surface area contributed by atoms with Crippen molar-refractivity contribution >= 4 is 22.6 Å². The lowest BCUT2D eigenvalue weighted by Crippen LogP contribution is -2.12. The standard InChI is InChI=1S/C15H10N4O/c16-9-10-3-5-11(6-4-10)18-15(20)14-8-13-12(19-14)2-1-7-17-13/h1-8,19H,(H,18,20). The molecule has 0 aliphatic carbocycles. The van der Waals surface area contributed by atoms with Gasteiger partial charge in [-0.1, -0.05) is 0 Å². The summed E-state index contributed by atoms with van der Waals surface area (Å²) in [6, 6.07) is 14.1. The summed E-state index contributed by atoms with van der Waals surface area (Å²) >= 11 is 0. The number of carbonyl (C=O) groups is 1. The molecule has 2 N–H and O–H groups in total. The molecule has 0 spiro atoms. The maximum Gasteiger partial charge on any atom is 0.272 e. The van der Waals surface area contributed by atoms with Crippen LogP contribution in [0, 0.1) is 11.3 Å². The van der Waals surface area contributed by atoms with E-state index in [0.29, 0.717) is 16.9 Å². The van der Waals surface area contributed by atoms with Crippen molar-refractivity contribution in [1.82, 2.24) is 9.97 Å². The van der Waals surface area contributed by atoms with Gasteiger partial charge in [-0.2, -0.15) is 5.26 Å². The van der Waals surface area contributed by atoms with Gasteiger partial charge in [0.1, 0.15) is 5.69 Å². The van der Waals surface area contributed by atoms with E-state index in [1.165, 1.54) is 0 Å². The van der Waals surface area contributed by atoms with Crippen molar-refractivity contribution in [3.05, 3.63) is 59.9 Å². The zero-order valence-electron chi connectivity index (χ0n) is 10.4. The number of H-pyrrole nitrogens is 1. The second-order valence-electron chi connectivity index (χ2n) is 4.26. The fraction of sp³-hybridized carbons (Fsp3) is 0. The Morgan fingerprint density at radius 1 is 1.25 bits per heavy atom. The average molecular weight is 262 g/mol. The molecule has 2 heterocycles. The molecule has 0 aliphatic heterocycles. The molecule has 96 valence electrons. The van der Waals surface area contributed by atoms with Gasteiger partial charge in [-0.25, -0.2) is 0 Å². The first kappa shape index (κ1) is 11.9. The number of amides is 1. The minimum absolute atomic E-state index is 0.243. The van der Waals surface area contributed by atoms with Gasteiger partial charge >= 0.3 is 0 Å². The van der Waals surface area contributed by atoms with E-state index in [0.717, 1.165) is 11.0 Å². The van der Waals surface area contributed by atoms with Crippen molar-refractivity contribution in [2.24, 2.45) is 0 Å². The number of nitrogens with zero attached hydrogens (tertiary/aromatic N) is 2. The average Bonchev–Trinajstić information content (AvgIpc) is 2.92. The molecule has 0 saturated heterocycles. The van der Waals surface area contributed by atoms with Crippen LogP contribution in [0.2, 0.25) is 0 Å². The molecular formula is C15H10N4O. The molecule has 0 unspecified atom stereocenters. The Morgan fingerprint density at radius 3 is 2.75 bits per heavy atom. The molecule has 2 aromatic heterocycles. The van der Waals surface area contributed by atoms with Crippen LogP contribution in [0.5, 0.6) is 0 Å². The lowest BCUT2D eigenvalue weighted by molar-refractivity contribution is 0.102. The fourth-order valence-electron chi connectivity index (χ4n) is 1.90. The minimum atomic E-state index is -0.243. The Morgan fingerprint density at radius 2 is 2.05 bits per heavy atom. The molecule has 5 heteroatoms. The van der Waals surface area contributed by atoms with Crippen molar-refractivity contribution in [3.8, 4) is 6.07 Å². The van der Waals surface area contributed by atoms with E-state index in [9.17, 15) is 4.79 Å². The van der Waals surface area contributed by atoms with Gasteiger partial charge < -0.3 is 10.3 Å². The van der Waals surface area contributed by atoms with Gasteiger partial charge in [-0.3, -0.25) is 9.78 Å². The van der Waals surface area contributed by atoms with Crippen LogP contribution in [-0.2, 0) is 0 Å². The van der Waals surface area contributed by atoms with E-state index in [2.05, 4.69) is 15.3 Å². The number of anilines is 1. The number of pyridine rings is 1. The number of hydrogen-bond donors (Lipinski definition) is 2. The molecule has 1 aromatic carbocycles. The SMILES string of the molecule is N#Cc1ccc(NC(=O)c2cc3ncccc3[nH]2)cc1. The summed E-state index contributed by atoms with van der Waals surface area (Å²) in [7, 11) is 0. The maximum absolute atomic E-state index is 12.1. The molecular weight excluding hydrogens is 252 g/mol. The number of aromatic amines is 1. The van der Waals surface area contributed by atoms with Gasteiger partial charge in [-0.05, 0) is 42.5 Å². The van der Waals surface area contributed by atoms with E-state index in [-0.39, 0.29) is 5.91 Å². The first-order chi connectivity index (χ1) is 9.76. The molecule has 1 amide bonds. The van der Waals surface area contributed by atoms with Gasteiger partial charge in [0, 0.05) is 11.9 Å². The molecule has 20 heavy (non-hydrogen) atoms. The quantitative estimate of drug-likeness (QED) is 0.745. The van der Waals surface area contributed by atoms with E-state index < -0.39 is 0 Å². The Hall–Kier alpha value is -3.13. The highest BCUT2D eigenvalue weighted by Crippen LogP contribution is 2.14. The summed E-state index contributed by atoms with van der Waals surface area (Å²) in [4.78, 5) is 19.3. The van der Waals surface area contributed by atoms with E-state index >= 15 is 0 Å². The Labute approximate surface area is 114 Å². The third-order valence-electron chi connectivity index (χ3n) is 2.91. The van der Waals surface area contributed by atoms with Crippen molar-refractivity contribution < 1.29 is 4.79 Å². The van der Waals surface area contributed by atoms with E-state index in [1.807, 2.05) is 12.1 Å². The van der Waals surface area contributed by atoms with Gasteiger partial charge in [-0.15, -0.1) is 0 Å². The predicted octanol–water partition coefficient (Wildman–Crippen LogP) is 2.69. The molecule has 5 nitrogen and oxygen atoms in total. The first-order valence-corrected chi connectivity index (χ1v) is 6.01. The number of hydrogen-bond acceptors (Lipinski definition) is 3. The zero-order chi connectivity index (χ0) is 13.9. The molecule has 0 fully saturated rings. The van der Waals surface area contributed by atoms with Crippen LogP contribution in [0.25, 0.3) is 11.0 Å². The van der Waals surface area contributed by atoms with Crippen molar-refractivity contribution in [3.63, 3.8) is 0 Å². The summed E-state index contributed by atoms with van der Waals surface area (Å²) in [5, 5.41) is 11.5. The first-order valence-electron chi connectivity index (χ1n) is 6.01. The molecule has 0 bridgehead atoms. The monoisotopic (exact) mass is 262 g/mol. The highest BCUT2D eigenvalue weighted by atomic mass is 16.1. The van der Waals surface area contributed by atoms with Gasteiger partial charge in [0.25, 0.3) is 5.91 Å². The summed E-state index contributed by atoms with van der Waals surface area (Å²) in [6.07, 6.45) is 1.68.